The van der Waals surface area contributed by atoms with E-state index in [2.05, 4.69) is 10.6 Å². The van der Waals surface area contributed by atoms with Crippen LogP contribution in [0.5, 0.6) is 0 Å². The van der Waals surface area contributed by atoms with E-state index < -0.39 is 11.9 Å². The highest BCUT2D eigenvalue weighted by Crippen LogP contribution is 2.11. The SMILES string of the molecule is CCOC(=O)CN/C=C(/C#N)C(=O)Nc1ccc(N)cc1. The average Bonchev–Trinajstić information content (AvgIpc) is 2.46. The molecule has 7 heteroatoms. The van der Waals surface area contributed by atoms with E-state index in [1.807, 2.05) is 0 Å². The van der Waals surface area contributed by atoms with Crippen molar-refractivity contribution >= 4 is 23.3 Å². The molecule has 0 spiro atoms. The number of nitrogens with zero attached hydrogens (tertiary/aromatic N) is 1. The summed E-state index contributed by atoms with van der Waals surface area (Å²) in [5.74, 6) is -1.05. The van der Waals surface area contributed by atoms with Crippen LogP contribution in [0.15, 0.2) is 36.0 Å². The Kier molecular flexibility index (Phi) is 6.28. The van der Waals surface area contributed by atoms with Crippen LogP contribution in [0.25, 0.3) is 0 Å². The van der Waals surface area contributed by atoms with E-state index in [0.29, 0.717) is 11.4 Å². The molecule has 1 aromatic carbocycles. The van der Waals surface area contributed by atoms with Gasteiger partial charge in [0.05, 0.1) is 6.61 Å². The fourth-order valence-corrected chi connectivity index (χ4v) is 1.36. The van der Waals surface area contributed by atoms with Crippen molar-refractivity contribution < 1.29 is 14.3 Å². The number of carbonyl (C=O) groups is 2. The number of hydrogen-bond acceptors (Lipinski definition) is 6. The summed E-state index contributed by atoms with van der Waals surface area (Å²) in [6.45, 7) is 1.84. The van der Waals surface area contributed by atoms with Crippen LogP contribution in [0.2, 0.25) is 0 Å². The fraction of sp³-hybridized carbons (Fsp3) is 0.214. The highest BCUT2D eigenvalue weighted by Gasteiger charge is 2.09. The van der Waals surface area contributed by atoms with Gasteiger partial charge in [0.15, 0.2) is 0 Å². The van der Waals surface area contributed by atoms with Crippen molar-refractivity contribution in [3.8, 4) is 6.07 Å². The van der Waals surface area contributed by atoms with Crippen LogP contribution >= 0.6 is 0 Å². The lowest BCUT2D eigenvalue weighted by Gasteiger charge is -2.05. The van der Waals surface area contributed by atoms with Crippen LogP contribution < -0.4 is 16.4 Å². The first kappa shape index (κ1) is 16.0. The molecule has 1 rings (SSSR count). The molecule has 0 fully saturated rings. The first-order valence-corrected chi connectivity index (χ1v) is 6.23. The van der Waals surface area contributed by atoms with Gasteiger partial charge in [-0.05, 0) is 31.2 Å². The number of hydrogen-bond donors (Lipinski definition) is 3. The first-order valence-electron chi connectivity index (χ1n) is 6.23. The molecule has 21 heavy (non-hydrogen) atoms. The van der Waals surface area contributed by atoms with Gasteiger partial charge in [-0.3, -0.25) is 9.59 Å². The molecule has 0 saturated heterocycles. The molecule has 0 aromatic heterocycles. The first-order chi connectivity index (χ1) is 10.1. The number of nitrogen functional groups attached to an aromatic ring is 1. The van der Waals surface area contributed by atoms with E-state index in [4.69, 9.17) is 15.7 Å². The molecule has 0 aliphatic rings. The third-order valence-electron chi connectivity index (χ3n) is 2.33. The Bertz CT molecular complexity index is 573. The number of nitrogens with one attached hydrogen (secondary N) is 2. The molecule has 0 radical (unpaired) electrons. The van der Waals surface area contributed by atoms with Crippen LogP contribution in [0, 0.1) is 11.3 Å². The lowest BCUT2D eigenvalue weighted by Crippen LogP contribution is -2.22. The van der Waals surface area contributed by atoms with E-state index in [-0.39, 0.29) is 18.7 Å². The molecule has 1 aromatic rings. The molecule has 0 bridgehead atoms. The van der Waals surface area contributed by atoms with E-state index in [9.17, 15) is 9.59 Å². The van der Waals surface area contributed by atoms with Crippen molar-refractivity contribution in [2.24, 2.45) is 0 Å². The molecule has 0 heterocycles. The van der Waals surface area contributed by atoms with E-state index in [0.717, 1.165) is 0 Å². The number of esters is 1. The third-order valence-corrected chi connectivity index (χ3v) is 2.33. The van der Waals surface area contributed by atoms with Crippen LogP contribution in [0.1, 0.15) is 6.92 Å². The second-order valence-electron chi connectivity index (χ2n) is 3.93. The van der Waals surface area contributed by atoms with Crippen molar-refractivity contribution in [1.29, 1.82) is 5.26 Å². The van der Waals surface area contributed by atoms with Crippen molar-refractivity contribution in [3.05, 3.63) is 36.0 Å². The molecule has 0 saturated carbocycles. The maximum Gasteiger partial charge on any atom is 0.325 e. The maximum absolute atomic E-state index is 11.8. The number of rotatable bonds is 6. The number of amides is 1. The fourth-order valence-electron chi connectivity index (χ4n) is 1.36. The van der Waals surface area contributed by atoms with Gasteiger partial charge < -0.3 is 21.1 Å². The second kappa shape index (κ2) is 8.22. The number of anilines is 2. The largest absolute Gasteiger partial charge is 0.465 e. The topological polar surface area (TPSA) is 117 Å². The molecular formula is C14H16N4O3. The van der Waals surface area contributed by atoms with E-state index in [1.165, 1.54) is 6.20 Å². The van der Waals surface area contributed by atoms with Crippen molar-refractivity contribution in [3.63, 3.8) is 0 Å². The summed E-state index contributed by atoms with van der Waals surface area (Å²) in [5.41, 5.74) is 6.46. The van der Waals surface area contributed by atoms with Gasteiger partial charge in [-0.15, -0.1) is 0 Å². The zero-order valence-corrected chi connectivity index (χ0v) is 11.6. The Labute approximate surface area is 122 Å². The Balaban J connectivity index is 2.58. The number of nitrogens with two attached hydrogens (primary N) is 1. The Morgan fingerprint density at radius 3 is 2.62 bits per heavy atom. The van der Waals surface area contributed by atoms with Crippen LogP contribution in [0.4, 0.5) is 11.4 Å². The summed E-state index contributed by atoms with van der Waals surface area (Å²) in [6, 6.07) is 8.25. The number of carbonyl (C=O) groups excluding carboxylic acids is 2. The second-order valence-corrected chi connectivity index (χ2v) is 3.93. The third kappa shape index (κ3) is 5.65. The lowest BCUT2D eigenvalue weighted by atomic mass is 10.2. The highest BCUT2D eigenvalue weighted by atomic mass is 16.5. The van der Waals surface area contributed by atoms with Gasteiger partial charge in [0, 0.05) is 17.6 Å². The van der Waals surface area contributed by atoms with Crippen molar-refractivity contribution in [2.45, 2.75) is 6.92 Å². The molecule has 0 aliphatic carbocycles. The standard InChI is InChI=1S/C14H16N4O3/c1-2-21-13(19)9-17-8-10(7-15)14(20)18-12-5-3-11(16)4-6-12/h3-6,8,17H,2,9,16H2,1H3,(H,18,20)/b10-8-. The van der Waals surface area contributed by atoms with Gasteiger partial charge in [-0.2, -0.15) is 5.26 Å². The lowest BCUT2D eigenvalue weighted by molar-refractivity contribution is -0.141. The monoisotopic (exact) mass is 288 g/mol. The Morgan fingerprint density at radius 2 is 2.05 bits per heavy atom. The summed E-state index contributed by atoms with van der Waals surface area (Å²) >= 11 is 0. The summed E-state index contributed by atoms with van der Waals surface area (Å²) in [5, 5.41) is 14.0. The van der Waals surface area contributed by atoms with Gasteiger partial charge in [-0.25, -0.2) is 0 Å². The predicted molar refractivity (Wildman–Crippen MR) is 77.8 cm³/mol. The zero-order chi connectivity index (χ0) is 15.7. The number of nitriles is 1. The molecule has 0 atom stereocenters. The van der Waals surface area contributed by atoms with Crippen LogP contribution in [-0.4, -0.2) is 25.0 Å². The molecule has 7 nitrogen and oxygen atoms in total. The molecule has 1 amide bonds. The minimum absolute atomic E-state index is 0.117. The summed E-state index contributed by atoms with van der Waals surface area (Å²) < 4.78 is 4.70. The van der Waals surface area contributed by atoms with Crippen LogP contribution in [-0.2, 0) is 14.3 Å². The molecule has 110 valence electrons. The zero-order valence-electron chi connectivity index (χ0n) is 11.6. The smallest absolute Gasteiger partial charge is 0.325 e. The van der Waals surface area contributed by atoms with Gasteiger partial charge in [-0.1, -0.05) is 0 Å². The maximum atomic E-state index is 11.8. The quantitative estimate of drug-likeness (QED) is 0.308. The van der Waals surface area contributed by atoms with Crippen molar-refractivity contribution in [1.82, 2.24) is 5.32 Å². The highest BCUT2D eigenvalue weighted by molar-refractivity contribution is 6.06. The minimum atomic E-state index is -0.585. The molecular weight excluding hydrogens is 272 g/mol. The summed E-state index contributed by atoms with van der Waals surface area (Å²) in [7, 11) is 0. The molecule has 0 unspecified atom stereocenters. The van der Waals surface area contributed by atoms with Crippen LogP contribution in [0.3, 0.4) is 0 Å². The van der Waals surface area contributed by atoms with Crippen molar-refractivity contribution in [2.75, 3.05) is 24.2 Å². The summed E-state index contributed by atoms with van der Waals surface area (Å²) in [4.78, 5) is 22.9. The minimum Gasteiger partial charge on any atom is -0.465 e. The van der Waals surface area contributed by atoms with Gasteiger partial charge in [0.1, 0.15) is 18.2 Å². The Morgan fingerprint density at radius 1 is 1.38 bits per heavy atom. The van der Waals surface area contributed by atoms with Gasteiger partial charge in [0.2, 0.25) is 0 Å². The summed E-state index contributed by atoms with van der Waals surface area (Å²) in [6.07, 6.45) is 1.17. The normalized spacial score (nSPS) is 10.4. The number of benzene rings is 1. The number of ether oxygens (including phenoxy) is 1. The van der Waals surface area contributed by atoms with Gasteiger partial charge in [0.25, 0.3) is 5.91 Å². The Hall–Kier alpha value is -3.01. The average molecular weight is 288 g/mol. The van der Waals surface area contributed by atoms with Gasteiger partial charge >= 0.3 is 5.97 Å². The molecule has 4 N–H and O–H groups in total. The predicted octanol–water partition coefficient (Wildman–Crippen LogP) is 0.767. The van der Waals surface area contributed by atoms with E-state index in [1.54, 1.807) is 37.3 Å². The molecule has 0 aliphatic heterocycles. The van der Waals surface area contributed by atoms with E-state index >= 15 is 0 Å².